The van der Waals surface area contributed by atoms with Gasteiger partial charge in [0.15, 0.2) is 0 Å². The largest absolute Gasteiger partial charge is 0.298 e. The van der Waals surface area contributed by atoms with E-state index in [1.54, 1.807) is 0 Å². The van der Waals surface area contributed by atoms with Crippen molar-refractivity contribution in [2.24, 2.45) is 5.92 Å². The van der Waals surface area contributed by atoms with Crippen LogP contribution in [0.25, 0.3) is 0 Å². The molecular formula is C11H21NO. The van der Waals surface area contributed by atoms with E-state index < -0.39 is 0 Å². The van der Waals surface area contributed by atoms with Crippen molar-refractivity contribution in [2.45, 2.75) is 58.0 Å². The first-order valence-corrected chi connectivity index (χ1v) is 5.57. The molecule has 2 unspecified atom stereocenters. The van der Waals surface area contributed by atoms with Gasteiger partial charge in [0.25, 0.3) is 0 Å². The second kappa shape index (κ2) is 3.25. The predicted molar refractivity (Wildman–Crippen MR) is 53.3 cm³/mol. The number of nitrogens with zero attached hydrogens (tertiary/aromatic N) is 1. The Balaban J connectivity index is 2.16. The summed E-state index contributed by atoms with van der Waals surface area (Å²) in [4.78, 5) is 5.80. The number of fused-ring (bicyclic) bond motifs is 1. The van der Waals surface area contributed by atoms with Crippen LogP contribution in [0.5, 0.6) is 0 Å². The van der Waals surface area contributed by atoms with E-state index in [9.17, 15) is 0 Å². The fraction of sp³-hybridized carbons (Fsp3) is 1.00. The molecule has 1 saturated heterocycles. The van der Waals surface area contributed by atoms with E-state index in [-0.39, 0.29) is 0 Å². The van der Waals surface area contributed by atoms with E-state index in [1.807, 2.05) is 0 Å². The smallest absolute Gasteiger partial charge is 0.0732 e. The normalized spacial score (nSPS) is 41.1. The Kier molecular flexibility index (Phi) is 2.37. The summed E-state index contributed by atoms with van der Waals surface area (Å²) in [6, 6.07) is 0.521. The molecule has 1 aliphatic heterocycles. The van der Waals surface area contributed by atoms with Crippen molar-refractivity contribution in [3.05, 3.63) is 0 Å². The van der Waals surface area contributed by atoms with Crippen molar-refractivity contribution < 1.29 is 4.84 Å². The van der Waals surface area contributed by atoms with Gasteiger partial charge in [-0.2, -0.15) is 5.06 Å². The van der Waals surface area contributed by atoms with Crippen LogP contribution < -0.4 is 0 Å². The molecule has 2 fully saturated rings. The third kappa shape index (κ3) is 1.40. The maximum atomic E-state index is 5.80. The van der Waals surface area contributed by atoms with E-state index in [0.717, 1.165) is 12.5 Å². The van der Waals surface area contributed by atoms with E-state index in [0.29, 0.717) is 11.6 Å². The second-order valence-corrected chi connectivity index (χ2v) is 5.02. The molecule has 0 spiro atoms. The molecule has 2 heteroatoms. The summed E-state index contributed by atoms with van der Waals surface area (Å²) in [5.74, 6) is 0.781. The first kappa shape index (κ1) is 9.47. The van der Waals surface area contributed by atoms with Crippen LogP contribution in [0.1, 0.15) is 46.5 Å². The molecule has 1 aliphatic carbocycles. The summed E-state index contributed by atoms with van der Waals surface area (Å²) < 4.78 is 0. The van der Waals surface area contributed by atoms with Crippen LogP contribution in [0.2, 0.25) is 0 Å². The molecule has 0 aromatic carbocycles. The molecule has 2 atom stereocenters. The molecule has 2 rings (SSSR count). The lowest BCUT2D eigenvalue weighted by Gasteiger charge is -2.41. The molecule has 2 nitrogen and oxygen atoms in total. The van der Waals surface area contributed by atoms with Crippen LogP contribution >= 0.6 is 0 Å². The maximum absolute atomic E-state index is 5.80. The number of hydrogen-bond donors (Lipinski definition) is 0. The summed E-state index contributed by atoms with van der Waals surface area (Å²) in [5, 5.41) is 2.25. The lowest BCUT2D eigenvalue weighted by atomic mass is 9.74. The van der Waals surface area contributed by atoms with Gasteiger partial charge in [0.05, 0.1) is 6.61 Å². The Morgan fingerprint density at radius 2 is 2.15 bits per heavy atom. The Labute approximate surface area is 81.2 Å². The summed E-state index contributed by atoms with van der Waals surface area (Å²) in [6.45, 7) is 7.78. The van der Waals surface area contributed by atoms with Crippen molar-refractivity contribution in [2.75, 3.05) is 6.61 Å². The van der Waals surface area contributed by atoms with Crippen molar-refractivity contribution in [3.8, 4) is 0 Å². The maximum Gasteiger partial charge on any atom is 0.0732 e. The Hall–Kier alpha value is -0.0800. The molecule has 2 aliphatic rings. The fourth-order valence-corrected chi connectivity index (χ4v) is 3.00. The van der Waals surface area contributed by atoms with Crippen LogP contribution in [0.4, 0.5) is 0 Å². The Morgan fingerprint density at radius 3 is 2.85 bits per heavy atom. The second-order valence-electron chi connectivity index (χ2n) is 5.02. The molecule has 0 N–H and O–H groups in total. The van der Waals surface area contributed by atoms with E-state index >= 15 is 0 Å². The van der Waals surface area contributed by atoms with Crippen molar-refractivity contribution in [1.29, 1.82) is 0 Å². The monoisotopic (exact) mass is 183 g/mol. The van der Waals surface area contributed by atoms with E-state index in [4.69, 9.17) is 4.84 Å². The van der Waals surface area contributed by atoms with Crippen LogP contribution in [-0.2, 0) is 4.84 Å². The molecular weight excluding hydrogens is 162 g/mol. The molecule has 0 radical (unpaired) electrons. The average molecular weight is 183 g/mol. The first-order valence-electron chi connectivity index (χ1n) is 5.57. The van der Waals surface area contributed by atoms with Gasteiger partial charge in [-0.15, -0.1) is 0 Å². The summed E-state index contributed by atoms with van der Waals surface area (Å²) in [5.41, 5.74) is 0.340. The predicted octanol–water partition coefficient (Wildman–Crippen LogP) is 2.59. The Morgan fingerprint density at radius 1 is 1.38 bits per heavy atom. The van der Waals surface area contributed by atoms with Crippen LogP contribution in [0, 0.1) is 5.92 Å². The lowest BCUT2D eigenvalue weighted by molar-refractivity contribution is -0.185. The summed E-state index contributed by atoms with van der Waals surface area (Å²) >= 11 is 0. The van der Waals surface area contributed by atoms with Gasteiger partial charge in [0.1, 0.15) is 0 Å². The molecule has 0 bridgehead atoms. The quantitative estimate of drug-likeness (QED) is 0.619. The third-order valence-electron chi connectivity index (χ3n) is 3.75. The van der Waals surface area contributed by atoms with Crippen molar-refractivity contribution in [1.82, 2.24) is 5.06 Å². The highest BCUT2D eigenvalue weighted by Crippen LogP contribution is 2.43. The van der Waals surface area contributed by atoms with Gasteiger partial charge in [-0.25, -0.2) is 0 Å². The fourth-order valence-electron chi connectivity index (χ4n) is 3.00. The summed E-state index contributed by atoms with van der Waals surface area (Å²) in [6.07, 6.45) is 5.45. The zero-order chi connectivity index (χ0) is 9.47. The molecule has 76 valence electrons. The minimum absolute atomic E-state index is 0.340. The highest BCUT2D eigenvalue weighted by atomic mass is 16.7. The average Bonchev–Trinajstić information content (AvgIpc) is 2.41. The van der Waals surface area contributed by atoms with Gasteiger partial charge in [0.2, 0.25) is 0 Å². The molecule has 0 aromatic rings. The molecule has 1 heterocycles. The Bertz CT molecular complexity index is 193. The minimum atomic E-state index is 0.340. The SMILES string of the molecule is CC(C)N1OCC2CCCCC21C. The number of hydrogen-bond acceptors (Lipinski definition) is 2. The van der Waals surface area contributed by atoms with Crippen LogP contribution in [-0.4, -0.2) is 23.3 Å². The molecule has 1 saturated carbocycles. The zero-order valence-electron chi connectivity index (χ0n) is 9.05. The van der Waals surface area contributed by atoms with Crippen LogP contribution in [0.15, 0.2) is 0 Å². The van der Waals surface area contributed by atoms with Gasteiger partial charge in [-0.1, -0.05) is 12.8 Å². The highest BCUT2D eigenvalue weighted by molar-refractivity contribution is 4.96. The molecule has 0 aromatic heterocycles. The number of hydroxylamine groups is 2. The van der Waals surface area contributed by atoms with Crippen molar-refractivity contribution in [3.63, 3.8) is 0 Å². The number of rotatable bonds is 1. The first-order chi connectivity index (χ1) is 6.14. The van der Waals surface area contributed by atoms with Gasteiger partial charge in [0, 0.05) is 17.5 Å². The molecule has 0 amide bonds. The summed E-state index contributed by atoms with van der Waals surface area (Å²) in [7, 11) is 0. The topological polar surface area (TPSA) is 12.5 Å². The van der Waals surface area contributed by atoms with Gasteiger partial charge in [-0.05, 0) is 33.6 Å². The van der Waals surface area contributed by atoms with Gasteiger partial charge < -0.3 is 0 Å². The third-order valence-corrected chi connectivity index (χ3v) is 3.75. The van der Waals surface area contributed by atoms with Crippen LogP contribution in [0.3, 0.4) is 0 Å². The van der Waals surface area contributed by atoms with E-state index in [1.165, 1.54) is 25.7 Å². The van der Waals surface area contributed by atoms with Gasteiger partial charge in [-0.3, -0.25) is 4.84 Å². The lowest BCUT2D eigenvalue weighted by Crippen LogP contribution is -2.49. The minimum Gasteiger partial charge on any atom is -0.298 e. The molecule has 13 heavy (non-hydrogen) atoms. The van der Waals surface area contributed by atoms with Crippen molar-refractivity contribution >= 4 is 0 Å². The highest BCUT2D eigenvalue weighted by Gasteiger charge is 2.48. The standard InChI is InChI=1S/C11H21NO/c1-9(2)12-11(3)7-5-4-6-10(11)8-13-12/h9-10H,4-8H2,1-3H3. The van der Waals surface area contributed by atoms with Gasteiger partial charge >= 0.3 is 0 Å². The zero-order valence-corrected chi connectivity index (χ0v) is 9.05. The van der Waals surface area contributed by atoms with E-state index in [2.05, 4.69) is 25.8 Å².